The molecule has 2 saturated heterocycles. The Hall–Kier alpha value is 0.829. The van der Waals surface area contributed by atoms with E-state index < -0.39 is 16.1 Å². The van der Waals surface area contributed by atoms with Crippen molar-refractivity contribution in [3.05, 3.63) is 30.3 Å². The molecule has 1 aromatic carbocycles. The Labute approximate surface area is 283 Å². The molecule has 1 aromatic rings. The second-order valence-electron chi connectivity index (χ2n) is 11.5. The summed E-state index contributed by atoms with van der Waals surface area (Å²) in [7, 11) is -1.34. The minimum atomic E-state index is -1.01. The summed E-state index contributed by atoms with van der Waals surface area (Å²) in [6.07, 6.45) is 0. The summed E-state index contributed by atoms with van der Waals surface area (Å²) in [5.74, 6) is 0. The van der Waals surface area contributed by atoms with Gasteiger partial charge in [0.05, 0.1) is 106 Å². The van der Waals surface area contributed by atoms with Gasteiger partial charge in [-0.2, -0.15) is 0 Å². The molecule has 2 aliphatic heterocycles. The van der Waals surface area contributed by atoms with Gasteiger partial charge in [-0.25, -0.2) is 0 Å². The van der Waals surface area contributed by atoms with Gasteiger partial charge in [0.25, 0.3) is 0 Å². The zero-order valence-electron chi connectivity index (χ0n) is 27.0. The summed E-state index contributed by atoms with van der Waals surface area (Å²) < 4.78 is 41.7. The van der Waals surface area contributed by atoms with Crippen LogP contribution < -0.4 is 34.9 Å². The maximum Gasteiger partial charge on any atom is 1.00 e. The van der Waals surface area contributed by atoms with E-state index in [0.29, 0.717) is 113 Å². The monoisotopic (exact) mass is 656 g/mol. The zero-order chi connectivity index (χ0) is 30.2. The van der Waals surface area contributed by atoms with Gasteiger partial charge < -0.3 is 37.9 Å². The maximum absolute atomic E-state index is 5.22. The Morgan fingerprint density at radius 3 is 0.881 bits per heavy atom. The van der Waals surface area contributed by atoms with Crippen LogP contribution in [0.3, 0.4) is 0 Å². The minimum absolute atomic E-state index is 0. The third kappa shape index (κ3) is 23.2. The molecule has 42 heavy (non-hydrogen) atoms. The van der Waals surface area contributed by atoms with Gasteiger partial charge in [-0.05, 0) is 7.57 Å². The van der Waals surface area contributed by atoms with Crippen molar-refractivity contribution in [1.29, 1.82) is 0 Å². The SMILES string of the molecule is C1COCCOCCOCCO1.C1COCCOCCOCCO1.[BH3-][P@@](c1ccccc1)C([Si](C)(C)C)[Si](C)(C)C.[Na+]. The van der Waals surface area contributed by atoms with Crippen molar-refractivity contribution in [2.24, 2.45) is 0 Å². The van der Waals surface area contributed by atoms with Gasteiger partial charge in [0.2, 0.25) is 0 Å². The molecule has 240 valence electrons. The van der Waals surface area contributed by atoms with Crippen LogP contribution in [-0.2, 0) is 37.9 Å². The van der Waals surface area contributed by atoms with Crippen LogP contribution in [0.1, 0.15) is 0 Å². The van der Waals surface area contributed by atoms with Gasteiger partial charge >= 0.3 is 29.6 Å². The number of hydrogen-bond donors (Lipinski definition) is 0. The molecule has 1 atom stereocenters. The summed E-state index contributed by atoms with van der Waals surface area (Å²) in [5.41, 5.74) is 0. The van der Waals surface area contributed by atoms with Crippen LogP contribution in [0.15, 0.2) is 30.3 Å². The van der Waals surface area contributed by atoms with Crippen LogP contribution in [0.2, 0.25) is 39.3 Å². The third-order valence-corrected chi connectivity index (χ3v) is 20.4. The van der Waals surface area contributed by atoms with Crippen molar-refractivity contribution >= 4 is 36.8 Å². The Morgan fingerprint density at radius 1 is 0.476 bits per heavy atom. The van der Waals surface area contributed by atoms with Crippen LogP contribution in [0.4, 0.5) is 0 Å². The first-order chi connectivity index (χ1) is 19.6. The topological polar surface area (TPSA) is 73.8 Å². The van der Waals surface area contributed by atoms with Gasteiger partial charge in [0.1, 0.15) is 0 Å². The van der Waals surface area contributed by atoms with Crippen LogP contribution in [-0.4, -0.2) is 134 Å². The molecule has 3 rings (SSSR count). The van der Waals surface area contributed by atoms with Crippen molar-refractivity contribution in [2.45, 2.75) is 44.2 Å². The average Bonchev–Trinajstić information content (AvgIpc) is 2.89. The van der Waals surface area contributed by atoms with Gasteiger partial charge in [-0.15, -0.1) is 0 Å². The predicted octanol–water partition coefficient (Wildman–Crippen LogP) is 0.334. The molecular formula is C29H59BNaO8PSi2. The molecule has 2 heterocycles. The molecular weight excluding hydrogens is 597 g/mol. The Morgan fingerprint density at radius 2 is 0.690 bits per heavy atom. The molecule has 13 heteroatoms. The quantitative estimate of drug-likeness (QED) is 0.340. The molecule has 0 N–H and O–H groups in total. The number of rotatable bonds is 4. The molecule has 2 aliphatic rings. The van der Waals surface area contributed by atoms with E-state index in [1.165, 1.54) is 0 Å². The Balaban J connectivity index is 0.000000607. The van der Waals surface area contributed by atoms with Gasteiger partial charge in [-0.3, -0.25) is 7.80 Å². The van der Waals surface area contributed by atoms with Crippen LogP contribution >= 0.6 is 7.80 Å². The number of benzene rings is 1. The summed E-state index contributed by atoms with van der Waals surface area (Å²) in [6, 6.07) is 11.4. The van der Waals surface area contributed by atoms with Crippen molar-refractivity contribution in [3.8, 4) is 0 Å². The van der Waals surface area contributed by atoms with Crippen LogP contribution in [0, 0.1) is 0 Å². The van der Waals surface area contributed by atoms with E-state index in [9.17, 15) is 0 Å². The molecule has 0 amide bonds. The number of hydrogen-bond acceptors (Lipinski definition) is 8. The van der Waals surface area contributed by atoms with Gasteiger partial charge in [0.15, 0.2) is 0 Å². The van der Waals surface area contributed by atoms with Crippen LogP contribution in [0.5, 0.6) is 0 Å². The molecule has 0 spiro atoms. The van der Waals surface area contributed by atoms with E-state index in [1.54, 1.807) is 5.30 Å². The maximum atomic E-state index is 5.22. The first kappa shape index (κ1) is 42.8. The first-order valence-electron chi connectivity index (χ1n) is 14.6. The van der Waals surface area contributed by atoms with Crippen LogP contribution in [0.25, 0.3) is 0 Å². The van der Waals surface area contributed by atoms with E-state index in [1.807, 2.05) is 0 Å². The average molecular weight is 657 g/mol. The summed E-state index contributed by atoms with van der Waals surface area (Å²) >= 11 is 0. The zero-order valence-corrected chi connectivity index (χ0v) is 31.9. The summed E-state index contributed by atoms with van der Waals surface area (Å²) in [6.45, 7) is 25.8. The van der Waals surface area contributed by atoms with E-state index in [-0.39, 0.29) is 37.4 Å². The standard InChI is InChI=1S/C13H27BPSi2.2C8H16O4.Na/c1-16(2,3)13(17(4,5)6)15(14)12-10-8-7-9-11-12;2*1-2-10-5-6-12-8-7-11-4-3-9-1;/h7-11,13H,1-6,14H3;2*1-8H2;/q-1;;;+1/t15-;;;/m0.../s1. The molecule has 0 unspecified atom stereocenters. The summed E-state index contributed by atoms with van der Waals surface area (Å²) in [4.78, 5) is 1.12. The molecule has 8 nitrogen and oxygen atoms in total. The van der Waals surface area contributed by atoms with E-state index in [0.717, 1.165) is 4.91 Å². The minimum Gasteiger partial charge on any atom is -0.377 e. The molecule has 0 aromatic heterocycles. The van der Waals surface area contributed by atoms with Crippen molar-refractivity contribution < 1.29 is 67.5 Å². The Bertz CT molecular complexity index is 608. The van der Waals surface area contributed by atoms with E-state index >= 15 is 0 Å². The smallest absolute Gasteiger partial charge is 0.377 e. The predicted molar refractivity (Wildman–Crippen MR) is 180 cm³/mol. The van der Waals surface area contributed by atoms with E-state index in [4.69, 9.17) is 37.9 Å². The van der Waals surface area contributed by atoms with Gasteiger partial charge in [0, 0.05) is 16.1 Å². The van der Waals surface area contributed by atoms with Crippen molar-refractivity contribution in [3.63, 3.8) is 0 Å². The third-order valence-electron chi connectivity index (χ3n) is 5.65. The molecule has 0 bridgehead atoms. The first-order valence-corrected chi connectivity index (χ1v) is 22.7. The van der Waals surface area contributed by atoms with E-state index in [2.05, 4.69) is 69.6 Å². The van der Waals surface area contributed by atoms with Crippen molar-refractivity contribution in [1.82, 2.24) is 0 Å². The Kier molecular flexibility index (Phi) is 27.5. The second-order valence-corrected chi connectivity index (χ2v) is 25.0. The molecule has 0 radical (unpaired) electrons. The van der Waals surface area contributed by atoms with Crippen molar-refractivity contribution in [2.75, 3.05) is 106 Å². The fourth-order valence-corrected chi connectivity index (χ4v) is 19.1. The largest absolute Gasteiger partial charge is 1.00 e. The molecule has 0 saturated carbocycles. The second kappa shape index (κ2) is 27.0. The fourth-order valence-electron chi connectivity index (χ4n) is 4.11. The van der Waals surface area contributed by atoms with Gasteiger partial charge in [-0.1, -0.05) is 79.8 Å². The molecule has 2 fully saturated rings. The number of ether oxygens (including phenoxy) is 8. The fraction of sp³-hybridized carbons (Fsp3) is 0.793. The normalized spacial score (nSPS) is 19.8. The summed E-state index contributed by atoms with van der Waals surface area (Å²) in [5, 5.41) is 1.71. The molecule has 0 aliphatic carbocycles.